The summed E-state index contributed by atoms with van der Waals surface area (Å²) in [6.07, 6.45) is 2.68. The van der Waals surface area contributed by atoms with Crippen LogP contribution in [0.1, 0.15) is 10.4 Å². The summed E-state index contributed by atoms with van der Waals surface area (Å²) in [6, 6.07) is 1.49. The van der Waals surface area contributed by atoms with Crippen molar-refractivity contribution in [1.29, 1.82) is 0 Å². The zero-order valence-corrected chi connectivity index (χ0v) is 11.2. The van der Waals surface area contributed by atoms with Gasteiger partial charge in [0.1, 0.15) is 9.49 Å². The van der Waals surface area contributed by atoms with Crippen LogP contribution >= 0.6 is 46.1 Å². The Kier molecular flexibility index (Phi) is 3.83. The Morgan fingerprint density at radius 3 is 2.53 bits per heavy atom. The first-order chi connectivity index (χ1) is 8.06. The predicted molar refractivity (Wildman–Crippen MR) is 69.3 cm³/mol. The van der Waals surface area contributed by atoms with Gasteiger partial charge in [-0.05, 0) is 6.07 Å². The highest BCUT2D eigenvalue weighted by Crippen LogP contribution is 2.31. The highest BCUT2D eigenvalue weighted by atomic mass is 35.5. The van der Waals surface area contributed by atoms with Crippen LogP contribution in [0.2, 0.25) is 13.8 Å². The predicted octanol–water partition coefficient (Wildman–Crippen LogP) is 3.75. The van der Waals surface area contributed by atoms with Gasteiger partial charge >= 0.3 is 0 Å². The van der Waals surface area contributed by atoms with E-state index in [2.05, 4.69) is 15.3 Å². The molecule has 2 rings (SSSR count). The summed E-state index contributed by atoms with van der Waals surface area (Å²) in [5, 5.41) is 2.78. The van der Waals surface area contributed by atoms with Gasteiger partial charge < -0.3 is 5.32 Å². The van der Waals surface area contributed by atoms with Gasteiger partial charge in [0.2, 0.25) is 0 Å². The first kappa shape index (κ1) is 12.6. The molecule has 0 aromatic carbocycles. The number of carbonyl (C=O) groups excluding carboxylic acids is 1. The number of anilines is 1. The quantitative estimate of drug-likeness (QED) is 0.919. The third-order valence-electron chi connectivity index (χ3n) is 1.76. The number of hydrogen-bond acceptors (Lipinski definition) is 4. The van der Waals surface area contributed by atoms with Gasteiger partial charge in [0.05, 0.1) is 22.3 Å². The van der Waals surface area contributed by atoms with Gasteiger partial charge in [0, 0.05) is 0 Å². The second-order valence-corrected chi connectivity index (χ2v) is 5.59. The molecular formula is C9H4Cl3N3OS. The lowest BCUT2D eigenvalue weighted by molar-refractivity contribution is 0.102. The van der Waals surface area contributed by atoms with Gasteiger partial charge in [0.25, 0.3) is 5.91 Å². The van der Waals surface area contributed by atoms with Crippen LogP contribution in [0.5, 0.6) is 0 Å². The standard InChI is InChI=1S/C9H4Cl3N3OS/c10-5-2-14-7(3-13-5)15-9(16)4-1-6(11)17-8(4)12/h1-3H,(H,14,15,16). The van der Waals surface area contributed by atoms with E-state index >= 15 is 0 Å². The topological polar surface area (TPSA) is 54.9 Å². The van der Waals surface area contributed by atoms with Crippen molar-refractivity contribution in [3.63, 3.8) is 0 Å². The molecule has 0 atom stereocenters. The second-order valence-electron chi connectivity index (χ2n) is 2.92. The summed E-state index contributed by atoms with van der Waals surface area (Å²) in [6.45, 7) is 0. The highest BCUT2D eigenvalue weighted by Gasteiger charge is 2.14. The zero-order valence-electron chi connectivity index (χ0n) is 8.08. The SMILES string of the molecule is O=C(Nc1cnc(Cl)cn1)c1cc(Cl)sc1Cl. The van der Waals surface area contributed by atoms with Gasteiger partial charge in [-0.15, -0.1) is 11.3 Å². The van der Waals surface area contributed by atoms with E-state index in [0.29, 0.717) is 14.2 Å². The molecule has 0 saturated carbocycles. The van der Waals surface area contributed by atoms with Crippen LogP contribution in [-0.4, -0.2) is 15.9 Å². The van der Waals surface area contributed by atoms with Crippen molar-refractivity contribution in [3.8, 4) is 0 Å². The number of thiophene rings is 1. The lowest BCUT2D eigenvalue weighted by atomic mass is 10.3. The molecule has 1 N–H and O–H groups in total. The number of amides is 1. The van der Waals surface area contributed by atoms with Gasteiger partial charge in [-0.2, -0.15) is 0 Å². The number of nitrogens with zero attached hydrogens (tertiary/aromatic N) is 2. The molecule has 0 fully saturated rings. The molecule has 17 heavy (non-hydrogen) atoms. The van der Waals surface area contributed by atoms with Crippen molar-refractivity contribution in [2.24, 2.45) is 0 Å². The van der Waals surface area contributed by atoms with E-state index in [9.17, 15) is 4.79 Å². The molecule has 0 bridgehead atoms. The normalized spacial score (nSPS) is 10.3. The number of carbonyl (C=O) groups is 1. The maximum atomic E-state index is 11.8. The monoisotopic (exact) mass is 307 g/mol. The Labute approximate surface area is 116 Å². The minimum absolute atomic E-state index is 0.250. The van der Waals surface area contributed by atoms with E-state index < -0.39 is 5.91 Å². The fourth-order valence-corrected chi connectivity index (χ4v) is 2.61. The first-order valence-corrected chi connectivity index (χ1v) is 6.25. The van der Waals surface area contributed by atoms with Crippen LogP contribution in [0.15, 0.2) is 18.5 Å². The Morgan fingerprint density at radius 2 is 2.00 bits per heavy atom. The Balaban J connectivity index is 2.17. The summed E-state index contributed by atoms with van der Waals surface area (Å²) in [5.74, 6) is -0.104. The fourth-order valence-electron chi connectivity index (χ4n) is 1.06. The van der Waals surface area contributed by atoms with Crippen LogP contribution in [0.3, 0.4) is 0 Å². The molecule has 0 saturated heterocycles. The van der Waals surface area contributed by atoms with Crippen LogP contribution in [0, 0.1) is 0 Å². The summed E-state index contributed by atoms with van der Waals surface area (Å²) >= 11 is 18.3. The fraction of sp³-hybridized carbons (Fsp3) is 0. The molecule has 4 nitrogen and oxygen atoms in total. The van der Waals surface area contributed by atoms with Crippen molar-refractivity contribution in [2.45, 2.75) is 0 Å². The number of aromatic nitrogens is 2. The molecule has 8 heteroatoms. The molecular weight excluding hydrogens is 305 g/mol. The van der Waals surface area contributed by atoms with E-state index in [1.165, 1.54) is 18.5 Å². The maximum absolute atomic E-state index is 11.8. The third kappa shape index (κ3) is 3.07. The van der Waals surface area contributed by atoms with Crippen molar-refractivity contribution in [2.75, 3.05) is 5.32 Å². The van der Waals surface area contributed by atoms with Crippen LogP contribution < -0.4 is 5.32 Å². The summed E-state index contributed by atoms with van der Waals surface area (Å²) < 4.78 is 0.775. The largest absolute Gasteiger partial charge is 0.305 e. The lowest BCUT2D eigenvalue weighted by Gasteiger charge is -2.02. The molecule has 2 aromatic rings. The molecule has 88 valence electrons. The number of halogens is 3. The molecule has 0 radical (unpaired) electrons. The van der Waals surface area contributed by atoms with Crippen LogP contribution in [0.25, 0.3) is 0 Å². The minimum Gasteiger partial charge on any atom is -0.305 e. The first-order valence-electron chi connectivity index (χ1n) is 4.30. The van der Waals surface area contributed by atoms with Gasteiger partial charge in [0.15, 0.2) is 5.82 Å². The van der Waals surface area contributed by atoms with Gasteiger partial charge in [-0.1, -0.05) is 34.8 Å². The molecule has 1 amide bonds. The van der Waals surface area contributed by atoms with Crippen LogP contribution in [-0.2, 0) is 0 Å². The smallest absolute Gasteiger partial charge is 0.259 e. The van der Waals surface area contributed by atoms with Crippen molar-refractivity contribution >= 4 is 57.9 Å². The van der Waals surface area contributed by atoms with Crippen molar-refractivity contribution in [3.05, 3.63) is 37.8 Å². The Hall–Kier alpha value is -0.880. The van der Waals surface area contributed by atoms with E-state index in [4.69, 9.17) is 34.8 Å². The second kappa shape index (κ2) is 5.18. The molecule has 0 spiro atoms. The molecule has 0 unspecified atom stereocenters. The van der Waals surface area contributed by atoms with Crippen molar-refractivity contribution in [1.82, 2.24) is 9.97 Å². The highest BCUT2D eigenvalue weighted by molar-refractivity contribution is 7.20. The Morgan fingerprint density at radius 1 is 1.24 bits per heavy atom. The molecule has 2 aromatic heterocycles. The number of hydrogen-bond donors (Lipinski definition) is 1. The average molecular weight is 309 g/mol. The van der Waals surface area contributed by atoms with Crippen molar-refractivity contribution < 1.29 is 4.79 Å². The number of nitrogens with one attached hydrogen (secondary N) is 1. The Bertz CT molecular complexity index is 555. The van der Waals surface area contributed by atoms with E-state index in [0.717, 1.165) is 11.3 Å². The minimum atomic E-state index is -0.394. The number of rotatable bonds is 2. The summed E-state index contributed by atoms with van der Waals surface area (Å²) in [5.41, 5.74) is 0.304. The van der Waals surface area contributed by atoms with Crippen LogP contribution in [0.4, 0.5) is 5.82 Å². The average Bonchev–Trinajstić information content (AvgIpc) is 2.61. The zero-order chi connectivity index (χ0) is 12.4. The van der Waals surface area contributed by atoms with Gasteiger partial charge in [-0.25, -0.2) is 9.97 Å². The van der Waals surface area contributed by atoms with E-state index in [-0.39, 0.29) is 11.0 Å². The molecule has 2 heterocycles. The van der Waals surface area contributed by atoms with Gasteiger partial charge in [-0.3, -0.25) is 4.79 Å². The maximum Gasteiger partial charge on any atom is 0.259 e. The molecule has 0 aliphatic carbocycles. The lowest BCUT2D eigenvalue weighted by Crippen LogP contribution is -2.12. The summed E-state index contributed by atoms with van der Waals surface area (Å²) in [7, 11) is 0. The third-order valence-corrected chi connectivity index (χ3v) is 3.45. The van der Waals surface area contributed by atoms with E-state index in [1.54, 1.807) is 0 Å². The van der Waals surface area contributed by atoms with E-state index in [1.807, 2.05) is 0 Å². The summed E-state index contributed by atoms with van der Waals surface area (Å²) in [4.78, 5) is 19.5. The molecule has 0 aliphatic heterocycles. The molecule has 0 aliphatic rings.